The van der Waals surface area contributed by atoms with Crippen LogP contribution in [0.3, 0.4) is 0 Å². The Morgan fingerprint density at radius 1 is 1.00 bits per heavy atom. The Labute approximate surface area is 184 Å². The summed E-state index contributed by atoms with van der Waals surface area (Å²) < 4.78 is 57.4. The van der Waals surface area contributed by atoms with Gasteiger partial charge in [0.05, 0.1) is 5.56 Å². The number of amides is 2. The molecule has 0 radical (unpaired) electrons. The van der Waals surface area contributed by atoms with Crippen LogP contribution in [0.5, 0.6) is 11.5 Å². The number of pyridine rings is 1. The van der Waals surface area contributed by atoms with Gasteiger partial charge in [-0.2, -0.15) is 13.2 Å². The van der Waals surface area contributed by atoms with Crippen molar-refractivity contribution in [2.45, 2.75) is 6.18 Å². The monoisotopic (exact) mass is 461 g/mol. The van der Waals surface area contributed by atoms with E-state index >= 15 is 0 Å². The van der Waals surface area contributed by atoms with E-state index < -0.39 is 35.2 Å². The molecule has 0 aliphatic carbocycles. The summed E-state index contributed by atoms with van der Waals surface area (Å²) >= 11 is 0. The third-order valence-corrected chi connectivity index (χ3v) is 4.29. The Balaban J connectivity index is 1.72. The number of carbonyl (C=O) groups is 3. The van der Waals surface area contributed by atoms with Crippen LogP contribution >= 0.6 is 0 Å². The standard InChI is InChI=1S/C22H15F4N3O4/c1-27-20(31)18-17(3-2-10-28-18)33-14-7-4-12(5-8-14)19(30)21(32)29-13-6-9-16(23)15(11-13)22(24,25)26/h2-11H,1H3,(H,27,31)(H,29,32). The van der Waals surface area contributed by atoms with Crippen LogP contribution < -0.4 is 15.4 Å². The Morgan fingerprint density at radius 2 is 1.70 bits per heavy atom. The number of anilines is 1. The molecule has 0 spiro atoms. The number of benzene rings is 2. The van der Waals surface area contributed by atoms with Crippen molar-refractivity contribution in [3.63, 3.8) is 0 Å². The Hall–Kier alpha value is -4.28. The molecule has 1 heterocycles. The van der Waals surface area contributed by atoms with Crippen LogP contribution in [0.2, 0.25) is 0 Å². The number of aromatic nitrogens is 1. The molecule has 0 aliphatic heterocycles. The molecule has 11 heteroatoms. The molecule has 2 aromatic carbocycles. The number of hydrogen-bond donors (Lipinski definition) is 2. The van der Waals surface area contributed by atoms with E-state index in [2.05, 4.69) is 10.3 Å². The number of alkyl halides is 3. The molecule has 0 saturated carbocycles. The number of ether oxygens (including phenoxy) is 1. The maximum absolute atomic E-state index is 13.4. The van der Waals surface area contributed by atoms with Crippen LogP contribution in [-0.2, 0) is 11.0 Å². The van der Waals surface area contributed by atoms with Crippen molar-refractivity contribution in [1.29, 1.82) is 0 Å². The lowest BCUT2D eigenvalue weighted by Gasteiger charge is -2.11. The summed E-state index contributed by atoms with van der Waals surface area (Å²) in [6, 6.07) is 10.2. The SMILES string of the molecule is CNC(=O)c1ncccc1Oc1ccc(C(=O)C(=O)Nc2ccc(F)c(C(F)(F)F)c2)cc1. The van der Waals surface area contributed by atoms with Gasteiger partial charge < -0.3 is 15.4 Å². The van der Waals surface area contributed by atoms with Crippen LogP contribution in [0.4, 0.5) is 23.2 Å². The van der Waals surface area contributed by atoms with Crippen molar-refractivity contribution in [3.8, 4) is 11.5 Å². The second kappa shape index (κ2) is 9.47. The molecule has 0 aliphatic rings. The first-order chi connectivity index (χ1) is 15.6. The first kappa shape index (κ1) is 23.4. The lowest BCUT2D eigenvalue weighted by Crippen LogP contribution is -2.23. The van der Waals surface area contributed by atoms with E-state index in [1.54, 1.807) is 6.07 Å². The van der Waals surface area contributed by atoms with Gasteiger partial charge in [-0.05, 0) is 54.6 Å². The van der Waals surface area contributed by atoms with Crippen molar-refractivity contribution >= 4 is 23.3 Å². The van der Waals surface area contributed by atoms with Gasteiger partial charge in [0.25, 0.3) is 17.6 Å². The lowest BCUT2D eigenvalue weighted by molar-refractivity contribution is -0.140. The summed E-state index contributed by atoms with van der Waals surface area (Å²) in [7, 11) is 1.43. The quantitative estimate of drug-likeness (QED) is 0.326. The molecule has 0 unspecified atom stereocenters. The second-order valence-electron chi connectivity index (χ2n) is 6.53. The molecule has 33 heavy (non-hydrogen) atoms. The summed E-state index contributed by atoms with van der Waals surface area (Å²) in [5.41, 5.74) is -1.99. The number of halogens is 4. The highest BCUT2D eigenvalue weighted by Crippen LogP contribution is 2.33. The summed E-state index contributed by atoms with van der Waals surface area (Å²) in [4.78, 5) is 40.3. The van der Waals surface area contributed by atoms with Gasteiger partial charge >= 0.3 is 6.18 Å². The summed E-state index contributed by atoms with van der Waals surface area (Å²) in [6.45, 7) is 0. The van der Waals surface area contributed by atoms with Gasteiger partial charge in [-0.3, -0.25) is 14.4 Å². The van der Waals surface area contributed by atoms with Crippen LogP contribution in [0.1, 0.15) is 26.4 Å². The molecule has 0 fully saturated rings. The van der Waals surface area contributed by atoms with Crippen molar-refractivity contribution in [2.75, 3.05) is 12.4 Å². The number of carbonyl (C=O) groups excluding carboxylic acids is 3. The number of nitrogens with zero attached hydrogens (tertiary/aromatic N) is 1. The van der Waals surface area contributed by atoms with E-state index in [0.717, 1.165) is 6.07 Å². The van der Waals surface area contributed by atoms with Crippen LogP contribution in [-0.4, -0.2) is 29.6 Å². The van der Waals surface area contributed by atoms with Gasteiger partial charge in [-0.15, -0.1) is 0 Å². The average Bonchev–Trinajstić information content (AvgIpc) is 2.79. The van der Waals surface area contributed by atoms with E-state index in [-0.39, 0.29) is 28.4 Å². The van der Waals surface area contributed by atoms with E-state index in [4.69, 9.17) is 4.74 Å². The zero-order chi connectivity index (χ0) is 24.2. The number of rotatable bonds is 6. The minimum absolute atomic E-state index is 0.0389. The number of hydrogen-bond acceptors (Lipinski definition) is 5. The third kappa shape index (κ3) is 5.50. The number of Topliss-reactive ketones (excluding diaryl/α,β-unsaturated/α-hetero) is 1. The Bertz CT molecular complexity index is 1210. The zero-order valence-electron chi connectivity index (χ0n) is 16.9. The van der Waals surface area contributed by atoms with E-state index in [0.29, 0.717) is 12.1 Å². The molecule has 170 valence electrons. The predicted molar refractivity (Wildman–Crippen MR) is 109 cm³/mol. The Morgan fingerprint density at radius 3 is 2.33 bits per heavy atom. The number of nitrogens with one attached hydrogen (secondary N) is 2. The van der Waals surface area contributed by atoms with Crippen molar-refractivity contribution < 1.29 is 36.7 Å². The zero-order valence-corrected chi connectivity index (χ0v) is 16.9. The van der Waals surface area contributed by atoms with Gasteiger partial charge in [0.15, 0.2) is 11.4 Å². The molecular weight excluding hydrogens is 446 g/mol. The molecule has 3 rings (SSSR count). The van der Waals surface area contributed by atoms with E-state index in [1.807, 2.05) is 5.32 Å². The molecule has 2 amide bonds. The highest BCUT2D eigenvalue weighted by Gasteiger charge is 2.34. The summed E-state index contributed by atoms with van der Waals surface area (Å²) in [6.07, 6.45) is -3.55. The molecular formula is C22H15F4N3O4. The maximum Gasteiger partial charge on any atom is 0.419 e. The predicted octanol–water partition coefficient (Wildman–Crippen LogP) is 4.21. The van der Waals surface area contributed by atoms with Crippen LogP contribution in [0.25, 0.3) is 0 Å². The van der Waals surface area contributed by atoms with Crippen molar-refractivity contribution in [2.24, 2.45) is 0 Å². The van der Waals surface area contributed by atoms with Crippen LogP contribution in [0, 0.1) is 5.82 Å². The second-order valence-corrected chi connectivity index (χ2v) is 6.53. The molecule has 0 atom stereocenters. The normalized spacial score (nSPS) is 10.9. The minimum Gasteiger partial charge on any atom is -0.455 e. The largest absolute Gasteiger partial charge is 0.455 e. The first-order valence-electron chi connectivity index (χ1n) is 9.27. The van der Waals surface area contributed by atoms with Gasteiger partial charge in [0.1, 0.15) is 11.6 Å². The molecule has 0 saturated heterocycles. The molecule has 2 N–H and O–H groups in total. The number of ketones is 1. The topological polar surface area (TPSA) is 97.4 Å². The van der Waals surface area contributed by atoms with Gasteiger partial charge in [0, 0.05) is 24.5 Å². The fourth-order valence-corrected chi connectivity index (χ4v) is 2.70. The molecule has 7 nitrogen and oxygen atoms in total. The fourth-order valence-electron chi connectivity index (χ4n) is 2.70. The molecule has 0 bridgehead atoms. The molecule has 3 aromatic rings. The summed E-state index contributed by atoms with van der Waals surface area (Å²) in [5, 5.41) is 4.45. The molecule has 1 aromatic heterocycles. The van der Waals surface area contributed by atoms with Gasteiger partial charge in [-0.25, -0.2) is 9.37 Å². The fraction of sp³-hybridized carbons (Fsp3) is 0.0909. The van der Waals surface area contributed by atoms with Crippen LogP contribution in [0.15, 0.2) is 60.8 Å². The van der Waals surface area contributed by atoms with Gasteiger partial charge in [0.2, 0.25) is 0 Å². The Kier molecular flexibility index (Phi) is 6.71. The third-order valence-electron chi connectivity index (χ3n) is 4.29. The maximum atomic E-state index is 13.4. The van der Waals surface area contributed by atoms with Gasteiger partial charge in [-0.1, -0.05) is 0 Å². The van der Waals surface area contributed by atoms with E-state index in [1.165, 1.54) is 43.6 Å². The summed E-state index contributed by atoms with van der Waals surface area (Å²) in [5.74, 6) is -3.83. The minimum atomic E-state index is -4.96. The average molecular weight is 461 g/mol. The highest BCUT2D eigenvalue weighted by atomic mass is 19.4. The first-order valence-corrected chi connectivity index (χ1v) is 9.27. The van der Waals surface area contributed by atoms with Crippen molar-refractivity contribution in [1.82, 2.24) is 10.3 Å². The van der Waals surface area contributed by atoms with E-state index in [9.17, 15) is 31.9 Å². The van der Waals surface area contributed by atoms with Crippen molar-refractivity contribution in [3.05, 3.63) is 83.4 Å². The smallest absolute Gasteiger partial charge is 0.419 e. The highest BCUT2D eigenvalue weighted by molar-refractivity contribution is 6.46. The lowest BCUT2D eigenvalue weighted by atomic mass is 10.1.